The number of thiocarbonyl (C=S) groups is 1. The van der Waals surface area contributed by atoms with E-state index in [1.165, 1.54) is 5.56 Å². The highest BCUT2D eigenvalue weighted by atomic mass is 32.1. The molecule has 1 rings (SSSR count). The molecule has 0 aliphatic heterocycles. The van der Waals surface area contributed by atoms with E-state index in [-0.39, 0.29) is 0 Å². The Hall–Kier alpha value is -0.940. The van der Waals surface area contributed by atoms with Crippen LogP contribution in [0.4, 0.5) is 0 Å². The van der Waals surface area contributed by atoms with Gasteiger partial charge in [-0.05, 0) is 7.05 Å². The van der Waals surface area contributed by atoms with Crippen LogP contribution in [0.5, 0.6) is 0 Å². The summed E-state index contributed by atoms with van der Waals surface area (Å²) in [6.45, 7) is 1.47. The zero-order valence-corrected chi connectivity index (χ0v) is 8.71. The highest BCUT2D eigenvalue weighted by Crippen LogP contribution is 2.00. The summed E-state index contributed by atoms with van der Waals surface area (Å²) in [5.74, 6) is 0. The molecule has 5 heteroatoms. The Morgan fingerprint density at radius 2 is 2.46 bits per heavy atom. The van der Waals surface area contributed by atoms with Crippen molar-refractivity contribution in [2.24, 2.45) is 12.8 Å². The maximum absolute atomic E-state index is 5.42. The fourth-order valence-electron chi connectivity index (χ4n) is 1.19. The predicted octanol–water partition coefficient (Wildman–Crippen LogP) is 0.138. The number of hydrogen-bond acceptors (Lipinski definition) is 3. The van der Waals surface area contributed by atoms with Gasteiger partial charge in [-0.2, -0.15) is 5.10 Å². The molecule has 1 aromatic rings. The van der Waals surface area contributed by atoms with E-state index in [0.717, 1.165) is 6.54 Å². The van der Waals surface area contributed by atoms with Gasteiger partial charge in [0.05, 0.1) is 11.2 Å². The number of aromatic nitrogens is 2. The maximum atomic E-state index is 5.42. The van der Waals surface area contributed by atoms with Crippen molar-refractivity contribution in [3.05, 3.63) is 18.0 Å². The normalized spacial score (nSPS) is 10.7. The quantitative estimate of drug-likeness (QED) is 0.699. The average molecular weight is 198 g/mol. The standard InChI is InChI=1S/C8H14N4S/c1-11(6-8(9)13)4-7-3-10-12(2)5-7/h3,5H,4,6H2,1-2H3,(H2,9,13). The van der Waals surface area contributed by atoms with Crippen LogP contribution in [0, 0.1) is 0 Å². The summed E-state index contributed by atoms with van der Waals surface area (Å²) in [5, 5.41) is 4.07. The molecule has 0 aliphatic carbocycles. The zero-order chi connectivity index (χ0) is 9.84. The molecule has 72 valence electrons. The fraction of sp³-hybridized carbons (Fsp3) is 0.500. The number of nitrogens with two attached hydrogens (primary N) is 1. The van der Waals surface area contributed by atoms with Gasteiger partial charge in [-0.1, -0.05) is 12.2 Å². The van der Waals surface area contributed by atoms with E-state index in [4.69, 9.17) is 18.0 Å². The van der Waals surface area contributed by atoms with Crippen LogP contribution in [0.3, 0.4) is 0 Å². The summed E-state index contributed by atoms with van der Waals surface area (Å²) in [6, 6.07) is 0. The Morgan fingerprint density at radius 1 is 1.77 bits per heavy atom. The van der Waals surface area contributed by atoms with Gasteiger partial charge in [-0.3, -0.25) is 9.58 Å². The lowest BCUT2D eigenvalue weighted by atomic mass is 10.3. The fourth-order valence-corrected chi connectivity index (χ4v) is 1.41. The molecule has 0 fully saturated rings. The topological polar surface area (TPSA) is 47.1 Å². The van der Waals surface area contributed by atoms with Gasteiger partial charge in [0, 0.05) is 31.9 Å². The third-order valence-corrected chi connectivity index (χ3v) is 1.77. The molecule has 0 amide bonds. The molecule has 0 aliphatic rings. The van der Waals surface area contributed by atoms with E-state index in [9.17, 15) is 0 Å². The van der Waals surface area contributed by atoms with Crippen LogP contribution >= 0.6 is 12.2 Å². The van der Waals surface area contributed by atoms with Crippen LogP contribution in [0.2, 0.25) is 0 Å². The Bertz CT molecular complexity index is 294. The summed E-state index contributed by atoms with van der Waals surface area (Å²) in [6.07, 6.45) is 3.83. The molecule has 2 N–H and O–H groups in total. The summed E-state index contributed by atoms with van der Waals surface area (Å²) in [7, 11) is 3.88. The van der Waals surface area contributed by atoms with Crippen molar-refractivity contribution in [2.75, 3.05) is 13.6 Å². The van der Waals surface area contributed by atoms with Gasteiger partial charge in [0.25, 0.3) is 0 Å². The van der Waals surface area contributed by atoms with Crippen LogP contribution in [0.1, 0.15) is 5.56 Å². The molecular weight excluding hydrogens is 184 g/mol. The van der Waals surface area contributed by atoms with Crippen molar-refractivity contribution in [2.45, 2.75) is 6.54 Å². The Labute approximate surface area is 83.3 Å². The van der Waals surface area contributed by atoms with E-state index in [1.54, 1.807) is 4.68 Å². The lowest BCUT2D eigenvalue weighted by molar-refractivity contribution is 0.374. The molecule has 0 saturated heterocycles. The first-order valence-corrected chi connectivity index (χ1v) is 4.43. The molecule has 1 aromatic heterocycles. The Kier molecular flexibility index (Phi) is 3.39. The van der Waals surface area contributed by atoms with Gasteiger partial charge in [0.15, 0.2) is 0 Å². The number of hydrogen-bond donors (Lipinski definition) is 1. The maximum Gasteiger partial charge on any atom is 0.0870 e. The van der Waals surface area contributed by atoms with Crippen LogP contribution in [-0.4, -0.2) is 33.3 Å². The molecule has 13 heavy (non-hydrogen) atoms. The van der Waals surface area contributed by atoms with Crippen LogP contribution < -0.4 is 5.73 Å². The molecule has 0 unspecified atom stereocenters. The highest BCUT2D eigenvalue weighted by Gasteiger charge is 2.02. The summed E-state index contributed by atoms with van der Waals surface area (Å²) >= 11 is 4.81. The van der Waals surface area contributed by atoms with Crippen molar-refractivity contribution in [3.8, 4) is 0 Å². The minimum Gasteiger partial charge on any atom is -0.392 e. The lowest BCUT2D eigenvalue weighted by Crippen LogP contribution is -2.28. The monoisotopic (exact) mass is 198 g/mol. The van der Waals surface area contributed by atoms with Gasteiger partial charge >= 0.3 is 0 Å². The molecule has 4 nitrogen and oxygen atoms in total. The van der Waals surface area contributed by atoms with Crippen molar-refractivity contribution in [1.29, 1.82) is 0 Å². The van der Waals surface area contributed by atoms with Gasteiger partial charge in [0.1, 0.15) is 0 Å². The zero-order valence-electron chi connectivity index (χ0n) is 7.90. The number of rotatable bonds is 4. The first-order chi connectivity index (χ1) is 6.08. The molecule has 0 radical (unpaired) electrons. The molecule has 1 heterocycles. The number of likely N-dealkylation sites (N-methyl/N-ethyl adjacent to an activating group) is 1. The molecule has 0 atom stereocenters. The van der Waals surface area contributed by atoms with E-state index in [2.05, 4.69) is 10.00 Å². The Balaban J connectivity index is 2.44. The third kappa shape index (κ3) is 3.52. The number of nitrogens with zero attached hydrogens (tertiary/aromatic N) is 3. The van der Waals surface area contributed by atoms with Crippen molar-refractivity contribution in [3.63, 3.8) is 0 Å². The van der Waals surface area contributed by atoms with Gasteiger partial charge in [0.2, 0.25) is 0 Å². The second kappa shape index (κ2) is 4.34. The second-order valence-electron chi connectivity index (χ2n) is 3.16. The lowest BCUT2D eigenvalue weighted by Gasteiger charge is -2.13. The van der Waals surface area contributed by atoms with Gasteiger partial charge < -0.3 is 5.73 Å². The van der Waals surface area contributed by atoms with Crippen molar-refractivity contribution >= 4 is 17.2 Å². The SMILES string of the molecule is CN(CC(N)=S)Cc1cnn(C)c1. The van der Waals surface area contributed by atoms with Gasteiger partial charge in [-0.15, -0.1) is 0 Å². The molecule has 0 saturated carbocycles. The minimum atomic E-state index is 0.520. The Morgan fingerprint density at radius 3 is 2.92 bits per heavy atom. The molecular formula is C8H14N4S. The first-order valence-electron chi connectivity index (χ1n) is 4.02. The minimum absolute atomic E-state index is 0.520. The third-order valence-electron chi connectivity index (χ3n) is 1.64. The van der Waals surface area contributed by atoms with Crippen LogP contribution in [-0.2, 0) is 13.6 Å². The molecule has 0 spiro atoms. The van der Waals surface area contributed by atoms with E-state index >= 15 is 0 Å². The number of aryl methyl sites for hydroxylation is 1. The van der Waals surface area contributed by atoms with Crippen LogP contribution in [0.25, 0.3) is 0 Å². The highest BCUT2D eigenvalue weighted by molar-refractivity contribution is 7.80. The average Bonchev–Trinajstić information content (AvgIpc) is 2.33. The van der Waals surface area contributed by atoms with E-state index in [0.29, 0.717) is 11.5 Å². The first kappa shape index (κ1) is 10.1. The smallest absolute Gasteiger partial charge is 0.0870 e. The summed E-state index contributed by atoms with van der Waals surface area (Å²) in [4.78, 5) is 2.57. The van der Waals surface area contributed by atoms with E-state index in [1.807, 2.05) is 26.5 Å². The molecule has 0 bridgehead atoms. The van der Waals surface area contributed by atoms with Crippen molar-refractivity contribution in [1.82, 2.24) is 14.7 Å². The van der Waals surface area contributed by atoms with Crippen LogP contribution in [0.15, 0.2) is 12.4 Å². The van der Waals surface area contributed by atoms with Crippen molar-refractivity contribution < 1.29 is 0 Å². The summed E-state index contributed by atoms with van der Waals surface area (Å²) in [5.41, 5.74) is 6.59. The van der Waals surface area contributed by atoms with E-state index < -0.39 is 0 Å². The largest absolute Gasteiger partial charge is 0.392 e. The summed E-state index contributed by atoms with van der Waals surface area (Å²) < 4.78 is 1.78. The molecule has 0 aromatic carbocycles. The predicted molar refractivity (Wildman–Crippen MR) is 56.3 cm³/mol. The second-order valence-corrected chi connectivity index (χ2v) is 3.69. The van der Waals surface area contributed by atoms with Gasteiger partial charge in [-0.25, -0.2) is 0 Å².